The summed E-state index contributed by atoms with van der Waals surface area (Å²) in [6.07, 6.45) is 2.56. The second-order valence-electron chi connectivity index (χ2n) is 7.72. The Bertz CT molecular complexity index is 954. The largest absolute Gasteiger partial charge is 0.329 e. The van der Waals surface area contributed by atoms with Gasteiger partial charge in [0.05, 0.1) is 24.9 Å². The van der Waals surface area contributed by atoms with E-state index in [9.17, 15) is 4.79 Å². The Balaban J connectivity index is 1.50. The van der Waals surface area contributed by atoms with Crippen LogP contribution in [0.25, 0.3) is 0 Å². The first-order valence-electron chi connectivity index (χ1n) is 10.5. The molecule has 1 fully saturated rings. The molecule has 3 aromatic rings. The number of nitrogens with zero attached hydrogens (tertiary/aromatic N) is 3. The van der Waals surface area contributed by atoms with Crippen molar-refractivity contribution in [3.63, 3.8) is 0 Å². The van der Waals surface area contributed by atoms with Gasteiger partial charge in [0.25, 0.3) is 0 Å². The number of benzene rings is 2. The van der Waals surface area contributed by atoms with Crippen LogP contribution in [-0.4, -0.2) is 39.0 Å². The number of quaternary nitrogens is 1. The van der Waals surface area contributed by atoms with Gasteiger partial charge >= 0.3 is 0 Å². The van der Waals surface area contributed by atoms with Crippen LogP contribution in [0.4, 0.5) is 5.69 Å². The van der Waals surface area contributed by atoms with E-state index in [-0.39, 0.29) is 11.2 Å². The second-order valence-corrected chi connectivity index (χ2v) is 9.03. The summed E-state index contributed by atoms with van der Waals surface area (Å²) in [7, 11) is 0. The monoisotopic (exact) mass is 422 g/mol. The summed E-state index contributed by atoms with van der Waals surface area (Å²) in [5.74, 6) is 0.959. The Hall–Kier alpha value is -2.64. The van der Waals surface area contributed by atoms with Crippen molar-refractivity contribution in [2.45, 2.75) is 43.3 Å². The van der Waals surface area contributed by atoms with Gasteiger partial charge in [-0.25, -0.2) is 0 Å². The maximum absolute atomic E-state index is 12.7. The minimum Gasteiger partial charge on any atom is -0.329 e. The highest BCUT2D eigenvalue weighted by molar-refractivity contribution is 8.00. The van der Waals surface area contributed by atoms with Gasteiger partial charge in [-0.05, 0) is 24.6 Å². The molecule has 0 spiro atoms. The molecule has 7 heteroatoms. The van der Waals surface area contributed by atoms with Crippen LogP contribution in [0.1, 0.15) is 31.2 Å². The molecule has 0 bridgehead atoms. The van der Waals surface area contributed by atoms with Gasteiger partial charge in [-0.3, -0.25) is 9.36 Å². The molecule has 30 heavy (non-hydrogen) atoms. The number of para-hydroxylation sites is 1. The molecule has 1 aliphatic heterocycles. The minimum atomic E-state index is -0.282. The predicted octanol–water partition coefficient (Wildman–Crippen LogP) is 2.62. The molecule has 2 N–H and O–H groups in total. The lowest BCUT2D eigenvalue weighted by atomic mass is 10.2. The maximum Gasteiger partial charge on any atom is 0.237 e. The van der Waals surface area contributed by atoms with Gasteiger partial charge in [-0.15, -0.1) is 10.2 Å². The minimum absolute atomic E-state index is 0.0350. The van der Waals surface area contributed by atoms with Crippen LogP contribution in [0.5, 0.6) is 0 Å². The first kappa shape index (κ1) is 20.6. The van der Waals surface area contributed by atoms with Crippen LogP contribution in [0.15, 0.2) is 65.8 Å². The van der Waals surface area contributed by atoms with Gasteiger partial charge in [0.2, 0.25) is 5.91 Å². The molecule has 2 heterocycles. The summed E-state index contributed by atoms with van der Waals surface area (Å²) >= 11 is 1.46. The smallest absolute Gasteiger partial charge is 0.237 e. The zero-order chi connectivity index (χ0) is 20.8. The summed E-state index contributed by atoms with van der Waals surface area (Å²) < 4.78 is 2.18. The van der Waals surface area contributed by atoms with E-state index in [1.807, 2.05) is 55.5 Å². The van der Waals surface area contributed by atoms with E-state index >= 15 is 0 Å². The Labute approximate surface area is 181 Å². The molecule has 0 unspecified atom stereocenters. The van der Waals surface area contributed by atoms with Crippen LogP contribution in [0.2, 0.25) is 0 Å². The molecule has 1 saturated heterocycles. The molecule has 1 amide bonds. The van der Waals surface area contributed by atoms with Crippen molar-refractivity contribution in [2.75, 3.05) is 18.4 Å². The Kier molecular flexibility index (Phi) is 6.81. The molecule has 6 nitrogen and oxygen atoms in total. The Morgan fingerprint density at radius 2 is 1.73 bits per heavy atom. The van der Waals surface area contributed by atoms with Gasteiger partial charge in [-0.1, -0.05) is 60.3 Å². The fraction of sp³-hybridized carbons (Fsp3) is 0.348. The highest BCUT2D eigenvalue weighted by atomic mass is 32.2. The summed E-state index contributed by atoms with van der Waals surface area (Å²) in [6.45, 7) is 5.89. The third-order valence-corrected chi connectivity index (χ3v) is 6.47. The van der Waals surface area contributed by atoms with Crippen molar-refractivity contribution in [2.24, 2.45) is 0 Å². The standard InChI is InChI=1S/C23H27N5OS/c1-18(22(29)24-20-12-6-3-7-13-20)30-23-26-25-21(17-27-14-8-9-15-27)28(23)16-19-10-4-2-5-11-19/h2-7,10-13,18H,8-9,14-17H2,1H3,(H,24,29)/p+1/t18-/m0/s1. The third-order valence-electron chi connectivity index (χ3n) is 5.39. The zero-order valence-electron chi connectivity index (χ0n) is 17.3. The molecule has 0 saturated carbocycles. The molecule has 1 aliphatic rings. The molecule has 156 valence electrons. The van der Waals surface area contributed by atoms with Gasteiger partial charge in [0, 0.05) is 18.5 Å². The molecule has 1 aromatic heterocycles. The Morgan fingerprint density at radius 3 is 2.43 bits per heavy atom. The number of amides is 1. The zero-order valence-corrected chi connectivity index (χ0v) is 18.1. The number of carbonyl (C=O) groups excluding carboxylic acids is 1. The normalized spacial score (nSPS) is 15.2. The average Bonchev–Trinajstić information content (AvgIpc) is 3.41. The lowest BCUT2D eigenvalue weighted by Gasteiger charge is -2.15. The molecule has 0 radical (unpaired) electrons. The molecule has 0 aliphatic carbocycles. The first-order chi connectivity index (χ1) is 14.7. The van der Waals surface area contributed by atoms with Crippen molar-refractivity contribution < 1.29 is 9.69 Å². The predicted molar refractivity (Wildman–Crippen MR) is 120 cm³/mol. The van der Waals surface area contributed by atoms with Crippen molar-refractivity contribution >= 4 is 23.4 Å². The van der Waals surface area contributed by atoms with Gasteiger partial charge in [0.1, 0.15) is 6.54 Å². The number of nitrogens with one attached hydrogen (secondary N) is 2. The van der Waals surface area contributed by atoms with E-state index in [1.165, 1.54) is 43.3 Å². The van der Waals surface area contributed by atoms with Crippen LogP contribution < -0.4 is 10.2 Å². The van der Waals surface area contributed by atoms with E-state index in [0.29, 0.717) is 6.54 Å². The summed E-state index contributed by atoms with van der Waals surface area (Å²) in [5.41, 5.74) is 2.01. The number of aromatic nitrogens is 3. The van der Waals surface area contributed by atoms with Gasteiger partial charge < -0.3 is 10.2 Å². The molecule has 2 aromatic carbocycles. The number of hydrogen-bond acceptors (Lipinski definition) is 4. The quantitative estimate of drug-likeness (QED) is 0.548. The lowest BCUT2D eigenvalue weighted by Crippen LogP contribution is -3.08. The average molecular weight is 423 g/mol. The highest BCUT2D eigenvalue weighted by Crippen LogP contribution is 2.24. The number of hydrogen-bond donors (Lipinski definition) is 2. The fourth-order valence-corrected chi connectivity index (χ4v) is 4.58. The second kappa shape index (κ2) is 9.91. The first-order valence-corrected chi connectivity index (χ1v) is 11.4. The van der Waals surface area contributed by atoms with Crippen LogP contribution in [-0.2, 0) is 17.9 Å². The topological polar surface area (TPSA) is 64.2 Å². The third kappa shape index (κ3) is 5.29. The van der Waals surface area contributed by atoms with Crippen LogP contribution in [0, 0.1) is 0 Å². The van der Waals surface area contributed by atoms with Crippen molar-refractivity contribution in [1.82, 2.24) is 14.8 Å². The van der Waals surface area contributed by atoms with E-state index in [1.54, 1.807) is 4.90 Å². The summed E-state index contributed by atoms with van der Waals surface area (Å²) in [4.78, 5) is 14.2. The number of thioether (sulfide) groups is 1. The van der Waals surface area contributed by atoms with E-state index < -0.39 is 0 Å². The van der Waals surface area contributed by atoms with Gasteiger partial charge in [-0.2, -0.15) is 0 Å². The summed E-state index contributed by atoms with van der Waals surface area (Å²) in [5, 5.41) is 12.5. The van der Waals surface area contributed by atoms with E-state index in [2.05, 4.69) is 32.2 Å². The number of anilines is 1. The Morgan fingerprint density at radius 1 is 1.07 bits per heavy atom. The molecular weight excluding hydrogens is 394 g/mol. The molecule has 4 rings (SSSR count). The SMILES string of the molecule is C[C@H](Sc1nnc(C[NH+]2CCCC2)n1Cc1ccccc1)C(=O)Nc1ccccc1. The number of carbonyl (C=O) groups is 1. The van der Waals surface area contributed by atoms with Crippen molar-refractivity contribution in [3.05, 3.63) is 72.1 Å². The number of likely N-dealkylation sites (tertiary alicyclic amines) is 1. The fourth-order valence-electron chi connectivity index (χ4n) is 3.71. The summed E-state index contributed by atoms with van der Waals surface area (Å²) in [6, 6.07) is 19.9. The number of rotatable bonds is 8. The van der Waals surface area contributed by atoms with E-state index in [4.69, 9.17) is 0 Å². The molecular formula is C23H28N5OS+. The van der Waals surface area contributed by atoms with Crippen LogP contribution >= 0.6 is 11.8 Å². The lowest BCUT2D eigenvalue weighted by molar-refractivity contribution is -0.902. The maximum atomic E-state index is 12.7. The molecule has 1 atom stereocenters. The van der Waals surface area contributed by atoms with Gasteiger partial charge in [0.15, 0.2) is 11.0 Å². The highest BCUT2D eigenvalue weighted by Gasteiger charge is 2.24. The van der Waals surface area contributed by atoms with Crippen molar-refractivity contribution in [3.8, 4) is 0 Å². The van der Waals surface area contributed by atoms with Crippen molar-refractivity contribution in [1.29, 1.82) is 0 Å². The van der Waals surface area contributed by atoms with E-state index in [0.717, 1.165) is 23.2 Å². The van der Waals surface area contributed by atoms with Crippen LogP contribution in [0.3, 0.4) is 0 Å².